The molecular formula is C15H11Cl2F3O2S. The van der Waals surface area contributed by atoms with E-state index in [2.05, 4.69) is 0 Å². The minimum atomic E-state index is -4.85. The molecule has 2 nitrogen and oxygen atoms in total. The lowest BCUT2D eigenvalue weighted by Gasteiger charge is -2.20. The van der Waals surface area contributed by atoms with Crippen molar-refractivity contribution in [1.82, 2.24) is 0 Å². The third kappa shape index (κ3) is 4.62. The molecule has 124 valence electrons. The number of rotatable bonds is 3. The molecule has 8 heteroatoms. The monoisotopic (exact) mass is 382 g/mol. The van der Waals surface area contributed by atoms with Crippen LogP contribution in [-0.2, 0) is 9.84 Å². The first-order valence-electron chi connectivity index (χ1n) is 6.41. The van der Waals surface area contributed by atoms with E-state index < -0.39 is 27.0 Å². The van der Waals surface area contributed by atoms with E-state index >= 15 is 0 Å². The highest BCUT2D eigenvalue weighted by molar-refractivity contribution is 7.94. The second kappa shape index (κ2) is 6.71. The van der Waals surface area contributed by atoms with Gasteiger partial charge >= 0.3 is 6.18 Å². The lowest BCUT2D eigenvalue weighted by atomic mass is 9.97. The first-order chi connectivity index (χ1) is 10.6. The van der Waals surface area contributed by atoms with E-state index in [4.69, 9.17) is 23.2 Å². The van der Waals surface area contributed by atoms with E-state index in [0.717, 1.165) is 6.08 Å². The van der Waals surface area contributed by atoms with Gasteiger partial charge in [-0.3, -0.25) is 0 Å². The van der Waals surface area contributed by atoms with Crippen molar-refractivity contribution in [1.29, 1.82) is 0 Å². The summed E-state index contributed by atoms with van der Waals surface area (Å²) in [6, 6.07) is 6.89. The van der Waals surface area contributed by atoms with Crippen LogP contribution >= 0.6 is 23.2 Å². The van der Waals surface area contributed by atoms with Crippen molar-refractivity contribution in [3.05, 3.63) is 64.1 Å². The predicted octanol–water partition coefficient (Wildman–Crippen LogP) is 4.97. The van der Waals surface area contributed by atoms with Gasteiger partial charge in [0.15, 0.2) is 9.84 Å². The van der Waals surface area contributed by atoms with E-state index in [0.29, 0.717) is 0 Å². The Hall–Kier alpha value is -1.24. The maximum Gasteiger partial charge on any atom is 0.417 e. The van der Waals surface area contributed by atoms with Gasteiger partial charge in [0.05, 0.1) is 15.8 Å². The largest absolute Gasteiger partial charge is 0.417 e. The Bertz CT molecular complexity index is 779. The van der Waals surface area contributed by atoms with Crippen molar-refractivity contribution in [2.45, 2.75) is 22.9 Å². The molecule has 0 heterocycles. The summed E-state index contributed by atoms with van der Waals surface area (Å²) < 4.78 is 64.4. The highest BCUT2D eigenvalue weighted by Crippen LogP contribution is 2.38. The van der Waals surface area contributed by atoms with Crippen LogP contribution < -0.4 is 0 Å². The topological polar surface area (TPSA) is 34.1 Å². The van der Waals surface area contributed by atoms with Crippen molar-refractivity contribution in [2.24, 2.45) is 0 Å². The van der Waals surface area contributed by atoms with Crippen molar-refractivity contribution in [3.8, 4) is 0 Å². The summed E-state index contributed by atoms with van der Waals surface area (Å²) in [5.74, 6) is 0. The summed E-state index contributed by atoms with van der Waals surface area (Å²) in [6.07, 6.45) is -2.53. The Morgan fingerprint density at radius 2 is 1.83 bits per heavy atom. The highest BCUT2D eigenvalue weighted by atomic mass is 35.5. The van der Waals surface area contributed by atoms with Crippen molar-refractivity contribution >= 4 is 33.0 Å². The molecule has 2 rings (SSSR count). The lowest BCUT2D eigenvalue weighted by molar-refractivity contribution is -0.0894. The van der Waals surface area contributed by atoms with Crippen molar-refractivity contribution < 1.29 is 21.6 Å². The summed E-state index contributed by atoms with van der Waals surface area (Å²) in [7, 11) is -4.26. The number of alkyl halides is 4. The number of hydrogen-bond donors (Lipinski definition) is 0. The van der Waals surface area contributed by atoms with E-state index in [1.807, 2.05) is 0 Å². The number of benzene rings is 1. The van der Waals surface area contributed by atoms with Gasteiger partial charge in [0.2, 0.25) is 0 Å². The van der Waals surface area contributed by atoms with Gasteiger partial charge in [-0.15, -0.1) is 11.6 Å². The van der Waals surface area contributed by atoms with Crippen LogP contribution in [0.25, 0.3) is 0 Å². The van der Waals surface area contributed by atoms with Gasteiger partial charge in [0.1, 0.15) is 0 Å². The standard InChI is InChI=1S/C15H11Cl2F3O2S/c16-11-6-10(7-12(17)8-11)14(15(18,19)20)9-23(21,22)13-4-2-1-3-5-13/h1-6,8-9,12H,7H2/b14-9+. The number of allylic oxidation sites excluding steroid dienone is 5. The molecule has 0 aromatic heterocycles. The average Bonchev–Trinajstić information content (AvgIpc) is 2.43. The fourth-order valence-corrected chi connectivity index (χ4v) is 3.98. The molecule has 0 N–H and O–H groups in total. The fourth-order valence-electron chi connectivity index (χ4n) is 2.06. The van der Waals surface area contributed by atoms with Gasteiger partial charge in [-0.2, -0.15) is 13.2 Å². The molecule has 1 aromatic carbocycles. The van der Waals surface area contributed by atoms with Gasteiger partial charge in [0, 0.05) is 10.4 Å². The van der Waals surface area contributed by atoms with Crippen LogP contribution in [-0.4, -0.2) is 20.0 Å². The molecule has 1 aromatic rings. The SMILES string of the molecule is O=S(=O)(/C=C(\C1=CC(Cl)=CC(Cl)C1)C(F)(F)F)c1ccccc1. The summed E-state index contributed by atoms with van der Waals surface area (Å²) in [5, 5.41) is -0.459. The minimum Gasteiger partial charge on any atom is -0.219 e. The van der Waals surface area contributed by atoms with E-state index in [1.165, 1.54) is 30.3 Å². The molecule has 0 amide bonds. The fraction of sp³-hybridized carbons (Fsp3) is 0.200. The summed E-state index contributed by atoms with van der Waals surface area (Å²) >= 11 is 11.6. The molecule has 0 aliphatic heterocycles. The van der Waals surface area contributed by atoms with E-state index in [-0.39, 0.29) is 27.3 Å². The van der Waals surface area contributed by atoms with Crippen LogP contribution in [0.15, 0.2) is 69.0 Å². The zero-order valence-corrected chi connectivity index (χ0v) is 13.8. The smallest absolute Gasteiger partial charge is 0.219 e. The maximum absolute atomic E-state index is 13.3. The molecule has 1 unspecified atom stereocenters. The van der Waals surface area contributed by atoms with Crippen LogP contribution in [0.5, 0.6) is 0 Å². The third-order valence-electron chi connectivity index (χ3n) is 3.06. The predicted molar refractivity (Wildman–Crippen MR) is 84.0 cm³/mol. The summed E-state index contributed by atoms with van der Waals surface area (Å²) in [6.45, 7) is 0. The quantitative estimate of drug-likeness (QED) is 0.691. The number of sulfone groups is 1. The Labute approximate surface area is 141 Å². The molecule has 0 radical (unpaired) electrons. The Morgan fingerprint density at radius 1 is 1.22 bits per heavy atom. The molecule has 0 spiro atoms. The molecule has 0 fully saturated rings. The molecule has 0 saturated heterocycles. The first-order valence-corrected chi connectivity index (χ1v) is 8.77. The lowest BCUT2D eigenvalue weighted by Crippen LogP contribution is -2.18. The van der Waals surface area contributed by atoms with E-state index in [9.17, 15) is 21.6 Å². The van der Waals surface area contributed by atoms with Crippen molar-refractivity contribution in [2.75, 3.05) is 0 Å². The van der Waals surface area contributed by atoms with Gasteiger partial charge in [-0.25, -0.2) is 8.42 Å². The van der Waals surface area contributed by atoms with Gasteiger partial charge in [-0.05, 0) is 36.3 Å². The second-order valence-corrected chi connectivity index (χ2v) is 7.62. The molecular weight excluding hydrogens is 372 g/mol. The van der Waals surface area contributed by atoms with Crippen LogP contribution in [0.1, 0.15) is 6.42 Å². The van der Waals surface area contributed by atoms with E-state index in [1.54, 1.807) is 6.07 Å². The molecule has 23 heavy (non-hydrogen) atoms. The first kappa shape index (κ1) is 18.1. The Kier molecular flexibility index (Phi) is 5.28. The van der Waals surface area contributed by atoms with Crippen LogP contribution in [0, 0.1) is 0 Å². The molecule has 1 atom stereocenters. The highest BCUT2D eigenvalue weighted by Gasteiger charge is 2.38. The second-order valence-electron chi connectivity index (χ2n) is 4.83. The van der Waals surface area contributed by atoms with Gasteiger partial charge < -0.3 is 0 Å². The van der Waals surface area contributed by atoms with Crippen LogP contribution in [0.4, 0.5) is 13.2 Å². The van der Waals surface area contributed by atoms with Crippen LogP contribution in [0.2, 0.25) is 0 Å². The van der Waals surface area contributed by atoms with Crippen LogP contribution in [0.3, 0.4) is 0 Å². The van der Waals surface area contributed by atoms with Gasteiger partial charge in [0.25, 0.3) is 0 Å². The summed E-state index contributed by atoms with van der Waals surface area (Å²) in [5.41, 5.74) is -1.53. The van der Waals surface area contributed by atoms with Gasteiger partial charge in [-0.1, -0.05) is 29.8 Å². The third-order valence-corrected chi connectivity index (χ3v) is 5.05. The Morgan fingerprint density at radius 3 is 2.35 bits per heavy atom. The number of hydrogen-bond acceptors (Lipinski definition) is 2. The molecule has 0 bridgehead atoms. The zero-order chi connectivity index (χ0) is 17.3. The molecule has 1 aliphatic rings. The molecule has 1 aliphatic carbocycles. The Balaban J connectivity index is 2.55. The minimum absolute atomic E-state index is 0.0403. The zero-order valence-electron chi connectivity index (χ0n) is 11.5. The number of halogens is 5. The maximum atomic E-state index is 13.3. The van der Waals surface area contributed by atoms with Crippen molar-refractivity contribution in [3.63, 3.8) is 0 Å². The molecule has 0 saturated carbocycles. The normalized spacial score (nSPS) is 20.0. The summed E-state index contributed by atoms with van der Waals surface area (Å²) in [4.78, 5) is -0.220. The average molecular weight is 383 g/mol.